The first-order valence-electron chi connectivity index (χ1n) is 8.17. The minimum atomic E-state index is -0.369. The number of aryl methyl sites for hydroxylation is 1. The maximum Gasteiger partial charge on any atom is 0.338 e. The summed E-state index contributed by atoms with van der Waals surface area (Å²) in [6.45, 7) is 7.87. The molecule has 0 radical (unpaired) electrons. The van der Waals surface area contributed by atoms with Gasteiger partial charge in [-0.05, 0) is 38.3 Å². The zero-order valence-corrected chi connectivity index (χ0v) is 14.0. The standard InChI is InChI=1S/C18H28O4/c1-4-7-10-15-11-8-9-12-17(15)18(19)22-16(13-20-5-2)14-21-6-3/h8-9,11-12,16H,4-7,10,13-14H2,1-3H3. The normalized spacial score (nSPS) is 10.9. The summed E-state index contributed by atoms with van der Waals surface area (Å²) in [7, 11) is 0. The highest BCUT2D eigenvalue weighted by atomic mass is 16.6. The lowest BCUT2D eigenvalue weighted by Gasteiger charge is -2.18. The molecule has 0 atom stereocenters. The number of unbranched alkanes of at least 4 members (excludes halogenated alkanes) is 1. The summed E-state index contributed by atoms with van der Waals surface area (Å²) in [5, 5.41) is 0. The predicted molar refractivity (Wildman–Crippen MR) is 87.2 cm³/mol. The maximum absolute atomic E-state index is 12.4. The van der Waals surface area contributed by atoms with Gasteiger partial charge < -0.3 is 14.2 Å². The first kappa shape index (κ1) is 18.7. The van der Waals surface area contributed by atoms with Crippen molar-refractivity contribution in [3.05, 3.63) is 35.4 Å². The summed E-state index contributed by atoms with van der Waals surface area (Å²) in [4.78, 5) is 12.4. The maximum atomic E-state index is 12.4. The second kappa shape index (κ2) is 11.2. The van der Waals surface area contributed by atoms with Gasteiger partial charge in [0.05, 0.1) is 18.8 Å². The zero-order chi connectivity index (χ0) is 16.2. The lowest BCUT2D eigenvalue weighted by molar-refractivity contribution is -0.0364. The van der Waals surface area contributed by atoms with Gasteiger partial charge in [-0.1, -0.05) is 31.5 Å². The van der Waals surface area contributed by atoms with Gasteiger partial charge in [-0.25, -0.2) is 4.79 Å². The lowest BCUT2D eigenvalue weighted by Crippen LogP contribution is -2.29. The molecular weight excluding hydrogens is 280 g/mol. The third kappa shape index (κ3) is 6.58. The summed E-state index contributed by atoms with van der Waals surface area (Å²) in [5.74, 6) is -0.295. The molecule has 4 nitrogen and oxygen atoms in total. The Balaban J connectivity index is 2.71. The van der Waals surface area contributed by atoms with Gasteiger partial charge in [0.25, 0.3) is 0 Å². The number of hydrogen-bond acceptors (Lipinski definition) is 4. The SMILES string of the molecule is CCCCc1ccccc1C(=O)OC(COCC)COCC. The third-order valence-electron chi connectivity index (χ3n) is 3.33. The van der Waals surface area contributed by atoms with Crippen LogP contribution in [0.15, 0.2) is 24.3 Å². The average molecular weight is 308 g/mol. The Kier molecular flexibility index (Phi) is 9.51. The van der Waals surface area contributed by atoms with Crippen LogP contribution in [-0.2, 0) is 20.6 Å². The van der Waals surface area contributed by atoms with E-state index in [9.17, 15) is 4.79 Å². The Morgan fingerprint density at radius 1 is 1.05 bits per heavy atom. The van der Waals surface area contributed by atoms with Crippen molar-refractivity contribution < 1.29 is 19.0 Å². The largest absolute Gasteiger partial charge is 0.454 e. The van der Waals surface area contributed by atoms with Crippen molar-refractivity contribution in [2.75, 3.05) is 26.4 Å². The second-order valence-corrected chi connectivity index (χ2v) is 5.11. The van der Waals surface area contributed by atoms with E-state index in [4.69, 9.17) is 14.2 Å². The monoisotopic (exact) mass is 308 g/mol. The molecule has 124 valence electrons. The molecule has 1 aromatic carbocycles. The van der Waals surface area contributed by atoms with E-state index in [0.29, 0.717) is 32.0 Å². The van der Waals surface area contributed by atoms with E-state index in [1.165, 1.54) is 0 Å². The van der Waals surface area contributed by atoms with Crippen molar-refractivity contribution in [2.24, 2.45) is 0 Å². The van der Waals surface area contributed by atoms with Crippen LogP contribution in [0.3, 0.4) is 0 Å². The van der Waals surface area contributed by atoms with Crippen molar-refractivity contribution in [3.8, 4) is 0 Å². The Hall–Kier alpha value is -1.39. The van der Waals surface area contributed by atoms with Gasteiger partial charge in [0.1, 0.15) is 6.10 Å². The number of rotatable bonds is 11. The molecule has 0 aliphatic heterocycles. The fourth-order valence-electron chi connectivity index (χ4n) is 2.13. The molecule has 0 heterocycles. The summed E-state index contributed by atoms with van der Waals surface area (Å²) < 4.78 is 16.3. The quantitative estimate of drug-likeness (QED) is 0.586. The van der Waals surface area contributed by atoms with Crippen LogP contribution in [0, 0.1) is 0 Å². The van der Waals surface area contributed by atoms with Crippen molar-refractivity contribution >= 4 is 5.97 Å². The minimum absolute atomic E-state index is 0.295. The van der Waals surface area contributed by atoms with Gasteiger partial charge >= 0.3 is 5.97 Å². The molecule has 0 saturated carbocycles. The van der Waals surface area contributed by atoms with Crippen LogP contribution in [0.2, 0.25) is 0 Å². The number of carbonyl (C=O) groups excluding carboxylic acids is 1. The first-order chi connectivity index (χ1) is 10.7. The van der Waals surface area contributed by atoms with E-state index >= 15 is 0 Å². The molecule has 0 N–H and O–H groups in total. The smallest absolute Gasteiger partial charge is 0.338 e. The summed E-state index contributed by atoms with van der Waals surface area (Å²) in [5.41, 5.74) is 1.69. The summed E-state index contributed by atoms with van der Waals surface area (Å²) >= 11 is 0. The van der Waals surface area contributed by atoms with E-state index in [-0.39, 0.29) is 12.1 Å². The van der Waals surface area contributed by atoms with Gasteiger partial charge in [-0.3, -0.25) is 0 Å². The first-order valence-corrected chi connectivity index (χ1v) is 8.17. The van der Waals surface area contributed by atoms with E-state index in [1.54, 1.807) is 0 Å². The third-order valence-corrected chi connectivity index (χ3v) is 3.33. The highest BCUT2D eigenvalue weighted by Gasteiger charge is 2.18. The van der Waals surface area contributed by atoms with Gasteiger partial charge in [0, 0.05) is 13.2 Å². The van der Waals surface area contributed by atoms with Crippen molar-refractivity contribution in [1.29, 1.82) is 0 Å². The summed E-state index contributed by atoms with van der Waals surface area (Å²) in [6, 6.07) is 7.64. The molecule has 0 aliphatic carbocycles. The van der Waals surface area contributed by atoms with Crippen LogP contribution in [0.4, 0.5) is 0 Å². The predicted octanol–water partition coefficient (Wildman–Crippen LogP) is 3.63. The average Bonchev–Trinajstić information content (AvgIpc) is 2.55. The van der Waals surface area contributed by atoms with Crippen LogP contribution in [0.5, 0.6) is 0 Å². The number of ether oxygens (including phenoxy) is 3. The van der Waals surface area contributed by atoms with Crippen molar-refractivity contribution in [3.63, 3.8) is 0 Å². The fourth-order valence-corrected chi connectivity index (χ4v) is 2.13. The molecule has 0 aromatic heterocycles. The number of carbonyl (C=O) groups is 1. The Bertz CT molecular complexity index is 423. The topological polar surface area (TPSA) is 44.8 Å². The van der Waals surface area contributed by atoms with Crippen molar-refractivity contribution in [2.45, 2.75) is 46.1 Å². The number of hydrogen-bond donors (Lipinski definition) is 0. The summed E-state index contributed by atoms with van der Waals surface area (Å²) in [6.07, 6.45) is 2.68. The molecule has 0 aliphatic rings. The minimum Gasteiger partial charge on any atom is -0.454 e. The molecule has 1 aromatic rings. The van der Waals surface area contributed by atoms with Gasteiger partial charge in [-0.2, -0.15) is 0 Å². The van der Waals surface area contributed by atoms with Gasteiger partial charge in [-0.15, -0.1) is 0 Å². The Labute approximate surface area is 133 Å². The van der Waals surface area contributed by atoms with E-state index < -0.39 is 0 Å². The van der Waals surface area contributed by atoms with Crippen LogP contribution in [0.25, 0.3) is 0 Å². The molecule has 4 heteroatoms. The highest BCUT2D eigenvalue weighted by molar-refractivity contribution is 5.91. The van der Waals surface area contributed by atoms with Gasteiger partial charge in [0.2, 0.25) is 0 Å². The highest BCUT2D eigenvalue weighted by Crippen LogP contribution is 2.14. The number of esters is 1. The van der Waals surface area contributed by atoms with Crippen LogP contribution in [-0.4, -0.2) is 38.5 Å². The van der Waals surface area contributed by atoms with E-state index in [0.717, 1.165) is 24.8 Å². The Morgan fingerprint density at radius 2 is 1.68 bits per heavy atom. The molecule has 22 heavy (non-hydrogen) atoms. The van der Waals surface area contributed by atoms with E-state index in [2.05, 4.69) is 6.92 Å². The molecule has 1 rings (SSSR count). The molecular formula is C18H28O4. The van der Waals surface area contributed by atoms with Gasteiger partial charge in [0.15, 0.2) is 0 Å². The molecule has 0 unspecified atom stereocenters. The lowest BCUT2D eigenvalue weighted by atomic mass is 10.0. The molecule has 0 spiro atoms. The molecule has 0 bridgehead atoms. The molecule has 0 amide bonds. The second-order valence-electron chi connectivity index (χ2n) is 5.11. The fraction of sp³-hybridized carbons (Fsp3) is 0.611. The van der Waals surface area contributed by atoms with Crippen LogP contribution >= 0.6 is 0 Å². The molecule has 0 saturated heterocycles. The van der Waals surface area contributed by atoms with Crippen LogP contribution in [0.1, 0.15) is 49.5 Å². The molecule has 0 fully saturated rings. The van der Waals surface area contributed by atoms with E-state index in [1.807, 2.05) is 38.1 Å². The number of benzene rings is 1. The Morgan fingerprint density at radius 3 is 2.27 bits per heavy atom. The van der Waals surface area contributed by atoms with Crippen molar-refractivity contribution in [1.82, 2.24) is 0 Å². The van der Waals surface area contributed by atoms with Crippen LogP contribution < -0.4 is 0 Å². The zero-order valence-electron chi connectivity index (χ0n) is 14.0.